The Hall–Kier alpha value is -1.61. The molecule has 1 aliphatic rings. The number of ether oxygens (including phenoxy) is 1. The maximum Gasteiger partial charge on any atom is 0.150 e. The van der Waals surface area contributed by atoms with E-state index in [0.29, 0.717) is 29.2 Å². The predicted octanol–water partition coefficient (Wildman–Crippen LogP) is 3.99. The fourth-order valence-electron chi connectivity index (χ4n) is 2.87. The highest BCUT2D eigenvalue weighted by Crippen LogP contribution is 2.40. The topological polar surface area (TPSA) is 43.4 Å². The molecule has 1 aromatic rings. The van der Waals surface area contributed by atoms with Crippen LogP contribution in [0.5, 0.6) is 5.75 Å². The Morgan fingerprint density at radius 1 is 1.43 bits per heavy atom. The molecular formula is C17H19ClO3. The summed E-state index contributed by atoms with van der Waals surface area (Å²) >= 11 is 5.90. The van der Waals surface area contributed by atoms with Crippen LogP contribution in [-0.4, -0.2) is 18.2 Å². The summed E-state index contributed by atoms with van der Waals surface area (Å²) in [6.07, 6.45) is 2.69. The van der Waals surface area contributed by atoms with Crippen LogP contribution in [0.2, 0.25) is 5.02 Å². The highest BCUT2D eigenvalue weighted by molar-refractivity contribution is 6.30. The van der Waals surface area contributed by atoms with E-state index in [1.807, 2.05) is 0 Å². The zero-order valence-electron chi connectivity index (χ0n) is 12.2. The van der Waals surface area contributed by atoms with E-state index >= 15 is 0 Å². The largest absolute Gasteiger partial charge is 0.489 e. The van der Waals surface area contributed by atoms with Gasteiger partial charge in [-0.05, 0) is 43.5 Å². The number of benzene rings is 1. The number of carbonyl (C=O) groups is 2. The van der Waals surface area contributed by atoms with E-state index in [1.54, 1.807) is 24.3 Å². The molecular weight excluding hydrogens is 288 g/mol. The average Bonchev–Trinajstić information content (AvgIpc) is 2.45. The first-order valence-corrected chi connectivity index (χ1v) is 7.45. The molecule has 0 aliphatic heterocycles. The molecule has 112 valence electrons. The second kappa shape index (κ2) is 6.44. The molecule has 0 aromatic heterocycles. The Bertz CT molecular complexity index is 579. The summed E-state index contributed by atoms with van der Waals surface area (Å²) in [5.74, 6) is 0.443. The van der Waals surface area contributed by atoms with Gasteiger partial charge in [0, 0.05) is 11.4 Å². The van der Waals surface area contributed by atoms with Gasteiger partial charge in [-0.2, -0.15) is 0 Å². The summed E-state index contributed by atoms with van der Waals surface area (Å²) in [6.45, 7) is 5.57. The van der Waals surface area contributed by atoms with Gasteiger partial charge < -0.3 is 4.74 Å². The molecule has 1 unspecified atom stereocenters. The molecule has 2 rings (SSSR count). The van der Waals surface area contributed by atoms with E-state index in [0.717, 1.165) is 12.8 Å². The molecule has 3 nitrogen and oxygen atoms in total. The maximum absolute atomic E-state index is 12.3. The van der Waals surface area contributed by atoms with E-state index < -0.39 is 5.41 Å². The van der Waals surface area contributed by atoms with Crippen molar-refractivity contribution < 1.29 is 14.3 Å². The lowest BCUT2D eigenvalue weighted by molar-refractivity contribution is -0.139. The third kappa shape index (κ3) is 3.18. The van der Waals surface area contributed by atoms with Gasteiger partial charge in [-0.3, -0.25) is 9.59 Å². The Morgan fingerprint density at radius 3 is 2.81 bits per heavy atom. The number of carbonyl (C=O) groups excluding carboxylic acids is 2. The SMILES string of the molecule is C=C(COc1cccc(Cl)c1)C1(C(C)=O)CCCCC1=O. The Kier molecular flexibility index (Phi) is 4.84. The Labute approximate surface area is 129 Å². The molecule has 0 N–H and O–H groups in total. The van der Waals surface area contributed by atoms with E-state index in [-0.39, 0.29) is 18.2 Å². The predicted molar refractivity (Wildman–Crippen MR) is 82.7 cm³/mol. The number of Topliss-reactive ketones (excluding diaryl/α,β-unsaturated/α-hetero) is 2. The highest BCUT2D eigenvalue weighted by atomic mass is 35.5. The Morgan fingerprint density at radius 2 is 2.19 bits per heavy atom. The number of halogens is 1. The van der Waals surface area contributed by atoms with Crippen molar-refractivity contribution in [3.8, 4) is 5.75 Å². The van der Waals surface area contributed by atoms with Crippen LogP contribution >= 0.6 is 11.6 Å². The highest BCUT2D eigenvalue weighted by Gasteiger charge is 2.46. The van der Waals surface area contributed by atoms with Crippen molar-refractivity contribution in [2.45, 2.75) is 32.6 Å². The van der Waals surface area contributed by atoms with Gasteiger partial charge in [0.25, 0.3) is 0 Å². The minimum atomic E-state index is -1.06. The van der Waals surface area contributed by atoms with Crippen molar-refractivity contribution in [2.24, 2.45) is 5.41 Å². The fraction of sp³-hybridized carbons (Fsp3) is 0.412. The van der Waals surface area contributed by atoms with Gasteiger partial charge in [0.15, 0.2) is 5.78 Å². The number of hydrogen-bond acceptors (Lipinski definition) is 3. The van der Waals surface area contributed by atoms with Crippen LogP contribution in [0.4, 0.5) is 0 Å². The number of ketones is 2. The van der Waals surface area contributed by atoms with Crippen LogP contribution in [0.15, 0.2) is 36.4 Å². The smallest absolute Gasteiger partial charge is 0.150 e. The van der Waals surface area contributed by atoms with Gasteiger partial charge in [-0.1, -0.05) is 30.7 Å². The van der Waals surface area contributed by atoms with Crippen LogP contribution in [0.1, 0.15) is 32.6 Å². The van der Waals surface area contributed by atoms with Crippen molar-refractivity contribution in [2.75, 3.05) is 6.61 Å². The van der Waals surface area contributed by atoms with Gasteiger partial charge in [0.2, 0.25) is 0 Å². The summed E-state index contributed by atoms with van der Waals surface area (Å²) in [4.78, 5) is 24.4. The third-order valence-corrected chi connectivity index (χ3v) is 4.33. The number of rotatable bonds is 5. The van der Waals surface area contributed by atoms with E-state index in [1.165, 1.54) is 6.92 Å². The van der Waals surface area contributed by atoms with Gasteiger partial charge in [-0.25, -0.2) is 0 Å². The second-order valence-corrected chi connectivity index (χ2v) is 5.88. The van der Waals surface area contributed by atoms with Crippen molar-refractivity contribution in [3.63, 3.8) is 0 Å². The molecule has 4 heteroatoms. The van der Waals surface area contributed by atoms with Crippen molar-refractivity contribution in [1.29, 1.82) is 0 Å². The Balaban J connectivity index is 2.13. The molecule has 0 spiro atoms. The fourth-order valence-corrected chi connectivity index (χ4v) is 3.05. The monoisotopic (exact) mass is 306 g/mol. The molecule has 1 atom stereocenters. The first kappa shape index (κ1) is 15.8. The molecule has 1 aromatic carbocycles. The summed E-state index contributed by atoms with van der Waals surface area (Å²) in [5.41, 5.74) is -0.517. The first-order valence-electron chi connectivity index (χ1n) is 7.08. The standard InChI is InChI=1S/C17H19ClO3/c1-12(11-21-15-7-5-6-14(18)10-15)17(13(2)19)9-4-3-8-16(17)20/h5-7,10H,1,3-4,8-9,11H2,2H3. The summed E-state index contributed by atoms with van der Waals surface area (Å²) in [6, 6.07) is 7.01. The average molecular weight is 307 g/mol. The van der Waals surface area contributed by atoms with E-state index in [4.69, 9.17) is 16.3 Å². The lowest BCUT2D eigenvalue weighted by atomic mass is 9.66. The van der Waals surface area contributed by atoms with Gasteiger partial charge in [0.05, 0.1) is 0 Å². The molecule has 21 heavy (non-hydrogen) atoms. The zero-order chi connectivity index (χ0) is 15.5. The van der Waals surface area contributed by atoms with Crippen LogP contribution in [0, 0.1) is 5.41 Å². The van der Waals surface area contributed by atoms with Gasteiger partial charge in [0.1, 0.15) is 23.6 Å². The molecule has 0 saturated heterocycles. The minimum absolute atomic E-state index is 0.0269. The summed E-state index contributed by atoms with van der Waals surface area (Å²) in [7, 11) is 0. The molecule has 0 bridgehead atoms. The van der Waals surface area contributed by atoms with Crippen LogP contribution in [-0.2, 0) is 9.59 Å². The lowest BCUT2D eigenvalue weighted by Crippen LogP contribution is -2.43. The molecule has 1 aliphatic carbocycles. The number of hydrogen-bond donors (Lipinski definition) is 0. The quantitative estimate of drug-likeness (QED) is 0.610. The normalized spacial score (nSPS) is 21.9. The minimum Gasteiger partial charge on any atom is -0.489 e. The second-order valence-electron chi connectivity index (χ2n) is 5.44. The summed E-state index contributed by atoms with van der Waals surface area (Å²) in [5, 5.41) is 0.577. The van der Waals surface area contributed by atoms with Crippen molar-refractivity contribution in [1.82, 2.24) is 0 Å². The first-order chi connectivity index (χ1) is 9.96. The third-order valence-electron chi connectivity index (χ3n) is 4.10. The zero-order valence-corrected chi connectivity index (χ0v) is 12.9. The maximum atomic E-state index is 12.3. The molecule has 0 radical (unpaired) electrons. The van der Waals surface area contributed by atoms with Gasteiger partial charge in [-0.15, -0.1) is 0 Å². The van der Waals surface area contributed by atoms with Crippen molar-refractivity contribution in [3.05, 3.63) is 41.4 Å². The van der Waals surface area contributed by atoms with Crippen LogP contribution < -0.4 is 4.74 Å². The lowest BCUT2D eigenvalue weighted by Gasteiger charge is -2.35. The van der Waals surface area contributed by atoms with E-state index in [2.05, 4.69) is 6.58 Å². The molecule has 0 heterocycles. The van der Waals surface area contributed by atoms with Crippen molar-refractivity contribution >= 4 is 23.2 Å². The molecule has 1 saturated carbocycles. The molecule has 1 fully saturated rings. The van der Waals surface area contributed by atoms with Gasteiger partial charge >= 0.3 is 0 Å². The van der Waals surface area contributed by atoms with Crippen LogP contribution in [0.3, 0.4) is 0 Å². The van der Waals surface area contributed by atoms with Crippen LogP contribution in [0.25, 0.3) is 0 Å². The van der Waals surface area contributed by atoms with E-state index in [9.17, 15) is 9.59 Å². The summed E-state index contributed by atoms with van der Waals surface area (Å²) < 4.78 is 5.64. The molecule has 0 amide bonds.